The van der Waals surface area contributed by atoms with Crippen molar-refractivity contribution in [2.75, 3.05) is 19.4 Å². The van der Waals surface area contributed by atoms with E-state index in [1.807, 2.05) is 6.07 Å². The third-order valence-corrected chi connectivity index (χ3v) is 2.74. The molecule has 112 valence electrons. The van der Waals surface area contributed by atoms with E-state index in [1.165, 1.54) is 11.0 Å². The zero-order valence-electron chi connectivity index (χ0n) is 12.4. The fourth-order valence-electron chi connectivity index (χ4n) is 1.67. The summed E-state index contributed by atoms with van der Waals surface area (Å²) in [6.45, 7) is 0. The highest BCUT2D eigenvalue weighted by molar-refractivity contribution is 6.01. The van der Waals surface area contributed by atoms with Crippen LogP contribution in [0.4, 0.5) is 5.82 Å². The summed E-state index contributed by atoms with van der Waals surface area (Å²) in [7, 11) is 3.29. The van der Waals surface area contributed by atoms with E-state index >= 15 is 0 Å². The Balaban J connectivity index is 2.04. The molecule has 2 heterocycles. The van der Waals surface area contributed by atoms with Crippen LogP contribution in [0.1, 0.15) is 16.1 Å². The van der Waals surface area contributed by atoms with E-state index in [0.717, 1.165) is 5.56 Å². The molecule has 2 aromatic rings. The van der Waals surface area contributed by atoms with Gasteiger partial charge in [-0.25, -0.2) is 4.98 Å². The lowest BCUT2D eigenvalue weighted by Crippen LogP contribution is -2.23. The summed E-state index contributed by atoms with van der Waals surface area (Å²) in [5, 5.41) is 2.62. The maximum atomic E-state index is 11.8. The number of nitrogens with zero attached hydrogens (tertiary/aromatic N) is 3. The van der Waals surface area contributed by atoms with Gasteiger partial charge in [0, 0.05) is 32.6 Å². The van der Waals surface area contributed by atoms with E-state index in [0.29, 0.717) is 5.82 Å². The van der Waals surface area contributed by atoms with E-state index in [-0.39, 0.29) is 17.5 Å². The van der Waals surface area contributed by atoms with Gasteiger partial charge in [-0.2, -0.15) is 0 Å². The molecule has 0 aliphatic heterocycles. The molecule has 0 radical (unpaired) electrons. The predicted octanol–water partition coefficient (Wildman–Crippen LogP) is 1.83. The molecule has 0 aliphatic rings. The Morgan fingerprint density at radius 1 is 1.18 bits per heavy atom. The molecule has 2 rings (SSSR count). The number of amides is 2. The number of hydrogen-bond acceptors (Lipinski definition) is 4. The molecule has 0 atom stereocenters. The van der Waals surface area contributed by atoms with Crippen LogP contribution in [-0.4, -0.2) is 40.8 Å². The SMILES string of the molecule is CN(C)C(=O)c1cccc(NC(=O)/C=C/c2cccnc2)n1. The van der Waals surface area contributed by atoms with Gasteiger partial charge in [0.15, 0.2) is 0 Å². The first-order chi connectivity index (χ1) is 10.6. The van der Waals surface area contributed by atoms with E-state index in [1.54, 1.807) is 56.8 Å². The third-order valence-electron chi connectivity index (χ3n) is 2.74. The zero-order valence-corrected chi connectivity index (χ0v) is 12.4. The van der Waals surface area contributed by atoms with Crippen molar-refractivity contribution >= 4 is 23.7 Å². The molecule has 0 saturated carbocycles. The minimum atomic E-state index is -0.328. The van der Waals surface area contributed by atoms with Crippen LogP contribution in [0.15, 0.2) is 48.8 Å². The first-order valence-corrected chi connectivity index (χ1v) is 6.64. The van der Waals surface area contributed by atoms with Crippen molar-refractivity contribution in [3.8, 4) is 0 Å². The van der Waals surface area contributed by atoms with Crippen molar-refractivity contribution in [2.45, 2.75) is 0 Å². The number of hydrogen-bond donors (Lipinski definition) is 1. The normalized spacial score (nSPS) is 10.5. The Kier molecular flexibility index (Phi) is 4.98. The second-order valence-corrected chi connectivity index (χ2v) is 4.72. The van der Waals surface area contributed by atoms with Crippen LogP contribution in [0.2, 0.25) is 0 Å². The number of anilines is 1. The summed E-state index contributed by atoms with van der Waals surface area (Å²) in [5.41, 5.74) is 1.10. The van der Waals surface area contributed by atoms with Crippen molar-refractivity contribution in [1.82, 2.24) is 14.9 Å². The maximum absolute atomic E-state index is 11.8. The number of rotatable bonds is 4. The van der Waals surface area contributed by atoms with Gasteiger partial charge in [-0.05, 0) is 29.8 Å². The average molecular weight is 296 g/mol. The van der Waals surface area contributed by atoms with Crippen LogP contribution in [0.25, 0.3) is 6.08 Å². The fraction of sp³-hybridized carbons (Fsp3) is 0.125. The summed E-state index contributed by atoms with van der Waals surface area (Å²) in [6, 6.07) is 8.52. The fourth-order valence-corrected chi connectivity index (χ4v) is 1.67. The van der Waals surface area contributed by atoms with Gasteiger partial charge in [-0.3, -0.25) is 14.6 Å². The zero-order chi connectivity index (χ0) is 15.9. The number of carbonyl (C=O) groups is 2. The lowest BCUT2D eigenvalue weighted by atomic mass is 10.2. The van der Waals surface area contributed by atoms with E-state index in [9.17, 15) is 9.59 Å². The molecule has 22 heavy (non-hydrogen) atoms. The molecule has 0 bridgehead atoms. The molecular formula is C16H16N4O2. The molecule has 0 saturated heterocycles. The van der Waals surface area contributed by atoms with Crippen LogP contribution in [-0.2, 0) is 4.79 Å². The van der Waals surface area contributed by atoms with Gasteiger partial charge in [0.25, 0.3) is 5.91 Å². The molecule has 6 heteroatoms. The Labute approximate surface area is 128 Å². The lowest BCUT2D eigenvalue weighted by Gasteiger charge is -2.10. The highest BCUT2D eigenvalue weighted by atomic mass is 16.2. The van der Waals surface area contributed by atoms with Gasteiger partial charge in [-0.1, -0.05) is 12.1 Å². The molecule has 1 N–H and O–H groups in total. The minimum Gasteiger partial charge on any atom is -0.343 e. The molecular weight excluding hydrogens is 280 g/mol. The highest BCUT2D eigenvalue weighted by Gasteiger charge is 2.10. The summed E-state index contributed by atoms with van der Waals surface area (Å²) >= 11 is 0. The quantitative estimate of drug-likeness (QED) is 0.873. The molecule has 0 unspecified atom stereocenters. The van der Waals surface area contributed by atoms with Gasteiger partial charge >= 0.3 is 0 Å². The smallest absolute Gasteiger partial charge is 0.272 e. The van der Waals surface area contributed by atoms with Crippen molar-refractivity contribution in [1.29, 1.82) is 0 Å². The van der Waals surface area contributed by atoms with Crippen molar-refractivity contribution < 1.29 is 9.59 Å². The summed E-state index contributed by atoms with van der Waals surface area (Å²) < 4.78 is 0. The van der Waals surface area contributed by atoms with E-state index < -0.39 is 0 Å². The molecule has 6 nitrogen and oxygen atoms in total. The van der Waals surface area contributed by atoms with Crippen LogP contribution in [0.3, 0.4) is 0 Å². The standard InChI is InChI=1S/C16H16N4O2/c1-20(2)16(22)13-6-3-7-14(18-13)19-15(21)9-8-12-5-4-10-17-11-12/h3-11H,1-2H3,(H,18,19,21)/b9-8+. The topological polar surface area (TPSA) is 75.2 Å². The van der Waals surface area contributed by atoms with Gasteiger partial charge in [-0.15, -0.1) is 0 Å². The van der Waals surface area contributed by atoms with Crippen molar-refractivity contribution in [3.63, 3.8) is 0 Å². The molecule has 0 spiro atoms. The summed E-state index contributed by atoms with van der Waals surface area (Å²) in [4.78, 5) is 33.2. The molecule has 0 fully saturated rings. The van der Waals surface area contributed by atoms with Crippen LogP contribution in [0, 0.1) is 0 Å². The maximum Gasteiger partial charge on any atom is 0.272 e. The van der Waals surface area contributed by atoms with Gasteiger partial charge in [0.05, 0.1) is 0 Å². The highest BCUT2D eigenvalue weighted by Crippen LogP contribution is 2.07. The first kappa shape index (κ1) is 15.4. The molecule has 0 aromatic carbocycles. The lowest BCUT2D eigenvalue weighted by molar-refractivity contribution is -0.111. The predicted molar refractivity (Wildman–Crippen MR) is 84.2 cm³/mol. The molecule has 2 amide bonds. The van der Waals surface area contributed by atoms with E-state index in [4.69, 9.17) is 0 Å². The Hall–Kier alpha value is -3.02. The second-order valence-electron chi connectivity index (χ2n) is 4.72. The average Bonchev–Trinajstić information content (AvgIpc) is 2.53. The monoisotopic (exact) mass is 296 g/mol. The minimum absolute atomic E-state index is 0.220. The second kappa shape index (κ2) is 7.12. The molecule has 0 aliphatic carbocycles. The molecule has 2 aromatic heterocycles. The van der Waals surface area contributed by atoms with Gasteiger partial charge < -0.3 is 10.2 Å². The number of carbonyl (C=O) groups excluding carboxylic acids is 2. The van der Waals surface area contributed by atoms with Crippen LogP contribution in [0.5, 0.6) is 0 Å². The van der Waals surface area contributed by atoms with Crippen LogP contribution >= 0.6 is 0 Å². The summed E-state index contributed by atoms with van der Waals surface area (Å²) in [6.07, 6.45) is 6.35. The Bertz CT molecular complexity index is 696. The van der Waals surface area contributed by atoms with Crippen molar-refractivity contribution in [3.05, 3.63) is 60.1 Å². The number of pyridine rings is 2. The van der Waals surface area contributed by atoms with Crippen LogP contribution < -0.4 is 5.32 Å². The largest absolute Gasteiger partial charge is 0.343 e. The third kappa shape index (κ3) is 4.24. The Morgan fingerprint density at radius 2 is 2.00 bits per heavy atom. The van der Waals surface area contributed by atoms with Gasteiger partial charge in [0.2, 0.25) is 5.91 Å². The number of aromatic nitrogens is 2. The Morgan fingerprint density at radius 3 is 2.68 bits per heavy atom. The number of nitrogens with one attached hydrogen (secondary N) is 1. The summed E-state index contributed by atoms with van der Waals surface area (Å²) in [5.74, 6) is -0.221. The van der Waals surface area contributed by atoms with Gasteiger partial charge in [0.1, 0.15) is 11.5 Å². The van der Waals surface area contributed by atoms with Crippen molar-refractivity contribution in [2.24, 2.45) is 0 Å². The van der Waals surface area contributed by atoms with E-state index in [2.05, 4.69) is 15.3 Å². The first-order valence-electron chi connectivity index (χ1n) is 6.64.